The molecule has 1 aromatic carbocycles. The molecule has 0 radical (unpaired) electrons. The molecule has 1 aromatic heterocycles. The van der Waals surface area contributed by atoms with Crippen LogP contribution < -0.4 is 9.47 Å². The molecule has 0 spiro atoms. The Bertz CT molecular complexity index is 754. The highest BCUT2D eigenvalue weighted by Gasteiger charge is 2.24. The summed E-state index contributed by atoms with van der Waals surface area (Å²) in [6, 6.07) is 8.88. The highest BCUT2D eigenvalue weighted by atomic mass is 32.1. The van der Waals surface area contributed by atoms with Crippen LogP contribution in [0.3, 0.4) is 0 Å². The lowest BCUT2D eigenvalue weighted by molar-refractivity contribution is 0.0721. The summed E-state index contributed by atoms with van der Waals surface area (Å²) in [5, 5.41) is 1.90. The number of methoxy groups -OCH3 is 2. The second kappa shape index (κ2) is 8.23. The van der Waals surface area contributed by atoms with Crippen molar-refractivity contribution in [2.75, 3.05) is 40.4 Å². The Hall–Kier alpha value is -2.54. The van der Waals surface area contributed by atoms with Gasteiger partial charge in [0, 0.05) is 37.8 Å². The molecule has 138 valence electrons. The summed E-state index contributed by atoms with van der Waals surface area (Å²) in [6.45, 7) is 2.31. The maximum atomic E-state index is 12.9. The van der Waals surface area contributed by atoms with Gasteiger partial charge in [-0.15, -0.1) is 11.3 Å². The lowest BCUT2D eigenvalue weighted by Crippen LogP contribution is -2.37. The van der Waals surface area contributed by atoms with Crippen molar-refractivity contribution in [2.24, 2.45) is 0 Å². The predicted octanol–water partition coefficient (Wildman–Crippen LogP) is 2.75. The Morgan fingerprint density at radius 2 is 1.54 bits per heavy atom. The molecule has 0 saturated carbocycles. The maximum Gasteiger partial charge on any atom is 0.263 e. The molecule has 1 saturated heterocycles. The zero-order valence-corrected chi connectivity index (χ0v) is 15.8. The van der Waals surface area contributed by atoms with Gasteiger partial charge in [-0.1, -0.05) is 6.07 Å². The second-order valence-corrected chi connectivity index (χ2v) is 6.96. The minimum atomic E-state index is -0.0763. The first kappa shape index (κ1) is 18.3. The van der Waals surface area contributed by atoms with Crippen LogP contribution in [-0.2, 0) is 0 Å². The van der Waals surface area contributed by atoms with Gasteiger partial charge in [-0.2, -0.15) is 0 Å². The zero-order chi connectivity index (χ0) is 18.5. The van der Waals surface area contributed by atoms with E-state index in [1.54, 1.807) is 37.3 Å². The molecular weight excluding hydrogens is 352 g/mol. The number of carbonyl (C=O) groups excluding carboxylic acids is 2. The molecule has 1 aliphatic rings. The van der Waals surface area contributed by atoms with Crippen LogP contribution in [0.25, 0.3) is 0 Å². The van der Waals surface area contributed by atoms with E-state index >= 15 is 0 Å². The van der Waals surface area contributed by atoms with Crippen LogP contribution in [0.1, 0.15) is 26.5 Å². The summed E-state index contributed by atoms with van der Waals surface area (Å²) in [7, 11) is 3.12. The standard InChI is InChI=1S/C19H22N2O4S/c1-24-15-11-14(12-16(13-15)25-2)18(22)20-6-4-7-21(9-8-20)19(23)17-5-3-10-26-17/h3,5,10-13H,4,6-9H2,1-2H3. The number of carbonyl (C=O) groups is 2. The smallest absolute Gasteiger partial charge is 0.263 e. The third-order valence-electron chi connectivity index (χ3n) is 4.40. The lowest BCUT2D eigenvalue weighted by atomic mass is 10.1. The van der Waals surface area contributed by atoms with Crippen LogP contribution in [0.15, 0.2) is 35.7 Å². The molecule has 7 heteroatoms. The molecule has 0 unspecified atom stereocenters. The molecule has 1 fully saturated rings. The Balaban J connectivity index is 1.71. The SMILES string of the molecule is COc1cc(OC)cc(C(=O)N2CCCN(C(=O)c3cccs3)CC2)c1. The van der Waals surface area contributed by atoms with E-state index in [2.05, 4.69) is 0 Å². The molecule has 6 nitrogen and oxygen atoms in total. The Kier molecular flexibility index (Phi) is 5.78. The molecule has 0 N–H and O–H groups in total. The number of nitrogens with zero attached hydrogens (tertiary/aromatic N) is 2. The number of hydrogen-bond acceptors (Lipinski definition) is 5. The van der Waals surface area contributed by atoms with Gasteiger partial charge in [-0.05, 0) is 30.0 Å². The van der Waals surface area contributed by atoms with Crippen molar-refractivity contribution in [3.05, 3.63) is 46.2 Å². The summed E-state index contributed by atoms with van der Waals surface area (Å²) in [5.41, 5.74) is 0.527. The lowest BCUT2D eigenvalue weighted by Gasteiger charge is -2.22. The van der Waals surface area contributed by atoms with Crippen molar-refractivity contribution in [2.45, 2.75) is 6.42 Å². The second-order valence-electron chi connectivity index (χ2n) is 6.02. The third kappa shape index (κ3) is 3.99. The first-order valence-electron chi connectivity index (χ1n) is 8.47. The van der Waals surface area contributed by atoms with Crippen LogP contribution in [0.2, 0.25) is 0 Å². The van der Waals surface area contributed by atoms with Crippen molar-refractivity contribution < 1.29 is 19.1 Å². The number of ether oxygens (including phenoxy) is 2. The van der Waals surface area contributed by atoms with Crippen molar-refractivity contribution in [3.8, 4) is 11.5 Å². The monoisotopic (exact) mass is 374 g/mol. The van der Waals surface area contributed by atoms with Crippen LogP contribution >= 0.6 is 11.3 Å². The van der Waals surface area contributed by atoms with Crippen LogP contribution in [0.4, 0.5) is 0 Å². The molecule has 2 amide bonds. The van der Waals surface area contributed by atoms with E-state index in [0.717, 1.165) is 11.3 Å². The molecule has 26 heavy (non-hydrogen) atoms. The predicted molar refractivity (Wildman–Crippen MR) is 100 cm³/mol. The largest absolute Gasteiger partial charge is 0.497 e. The van der Waals surface area contributed by atoms with Gasteiger partial charge in [0.15, 0.2) is 0 Å². The van der Waals surface area contributed by atoms with Gasteiger partial charge in [-0.3, -0.25) is 9.59 Å². The summed E-state index contributed by atoms with van der Waals surface area (Å²) < 4.78 is 10.5. The molecule has 0 bridgehead atoms. The van der Waals surface area contributed by atoms with Gasteiger partial charge in [0.05, 0.1) is 19.1 Å². The normalized spacial score (nSPS) is 14.7. The van der Waals surface area contributed by atoms with Crippen LogP contribution in [0, 0.1) is 0 Å². The fourth-order valence-corrected chi connectivity index (χ4v) is 3.68. The topological polar surface area (TPSA) is 59.1 Å². The molecule has 1 aliphatic heterocycles. The first-order valence-corrected chi connectivity index (χ1v) is 9.35. The van der Waals surface area contributed by atoms with Gasteiger partial charge in [0.1, 0.15) is 11.5 Å². The summed E-state index contributed by atoms with van der Waals surface area (Å²) in [5.74, 6) is 1.12. The van der Waals surface area contributed by atoms with Crippen LogP contribution in [-0.4, -0.2) is 62.0 Å². The van der Waals surface area contributed by atoms with Gasteiger partial charge in [0.25, 0.3) is 11.8 Å². The third-order valence-corrected chi connectivity index (χ3v) is 5.26. The summed E-state index contributed by atoms with van der Waals surface area (Å²) >= 11 is 1.44. The highest BCUT2D eigenvalue weighted by Crippen LogP contribution is 2.24. The van der Waals surface area contributed by atoms with Gasteiger partial charge >= 0.3 is 0 Å². The Morgan fingerprint density at radius 3 is 2.08 bits per heavy atom. The van der Waals surface area contributed by atoms with Crippen molar-refractivity contribution in [3.63, 3.8) is 0 Å². The number of amides is 2. The number of hydrogen-bond donors (Lipinski definition) is 0. The minimum absolute atomic E-state index is 0.0392. The van der Waals surface area contributed by atoms with Gasteiger partial charge in [0.2, 0.25) is 0 Å². The number of rotatable bonds is 4. The number of thiophene rings is 1. The molecule has 2 aromatic rings. The van der Waals surface area contributed by atoms with E-state index in [0.29, 0.717) is 43.2 Å². The van der Waals surface area contributed by atoms with Gasteiger partial charge in [-0.25, -0.2) is 0 Å². The average Bonchev–Trinajstić information content (AvgIpc) is 3.11. The average molecular weight is 374 g/mol. The zero-order valence-electron chi connectivity index (χ0n) is 14.9. The molecule has 0 atom stereocenters. The van der Waals surface area contributed by atoms with Crippen molar-refractivity contribution >= 4 is 23.2 Å². The first-order chi connectivity index (χ1) is 12.6. The molecule has 0 aliphatic carbocycles. The quantitative estimate of drug-likeness (QED) is 0.826. The van der Waals surface area contributed by atoms with Crippen molar-refractivity contribution in [1.82, 2.24) is 9.80 Å². The summed E-state index contributed by atoms with van der Waals surface area (Å²) in [4.78, 5) is 29.8. The highest BCUT2D eigenvalue weighted by molar-refractivity contribution is 7.12. The molecular formula is C19H22N2O4S. The Labute approximate surface area is 156 Å². The molecule has 2 heterocycles. The Morgan fingerprint density at radius 1 is 0.923 bits per heavy atom. The van der Waals surface area contributed by atoms with E-state index in [4.69, 9.17) is 9.47 Å². The van der Waals surface area contributed by atoms with E-state index in [9.17, 15) is 9.59 Å². The maximum absolute atomic E-state index is 12.9. The van der Waals surface area contributed by atoms with E-state index in [1.165, 1.54) is 11.3 Å². The van der Waals surface area contributed by atoms with Gasteiger partial charge < -0.3 is 19.3 Å². The van der Waals surface area contributed by atoms with E-state index in [-0.39, 0.29) is 11.8 Å². The summed E-state index contributed by atoms with van der Waals surface area (Å²) in [6.07, 6.45) is 0.754. The van der Waals surface area contributed by atoms with E-state index in [1.807, 2.05) is 22.4 Å². The van der Waals surface area contributed by atoms with Crippen molar-refractivity contribution in [1.29, 1.82) is 0 Å². The van der Waals surface area contributed by atoms with Crippen LogP contribution in [0.5, 0.6) is 11.5 Å². The fourth-order valence-electron chi connectivity index (χ4n) is 2.99. The van der Waals surface area contributed by atoms with E-state index < -0.39 is 0 Å². The minimum Gasteiger partial charge on any atom is -0.497 e. The fraction of sp³-hybridized carbons (Fsp3) is 0.368. The number of benzene rings is 1. The molecule has 3 rings (SSSR count).